The summed E-state index contributed by atoms with van der Waals surface area (Å²) in [6.45, 7) is 3.18. The lowest BCUT2D eigenvalue weighted by Gasteiger charge is -2.19. The van der Waals surface area contributed by atoms with Crippen molar-refractivity contribution >= 4 is 41.1 Å². The van der Waals surface area contributed by atoms with Crippen molar-refractivity contribution in [3.63, 3.8) is 0 Å². The lowest BCUT2D eigenvalue weighted by Crippen LogP contribution is -2.42. The second-order valence-electron chi connectivity index (χ2n) is 5.67. The van der Waals surface area contributed by atoms with Crippen molar-refractivity contribution in [2.45, 2.75) is 38.0 Å². The van der Waals surface area contributed by atoms with Crippen LogP contribution in [0.4, 0.5) is 5.69 Å². The average Bonchev–Trinajstić information content (AvgIpc) is 2.84. The third kappa shape index (κ3) is 4.39. The fourth-order valence-electron chi connectivity index (χ4n) is 2.65. The first kappa shape index (κ1) is 19.0. The number of aryl methyl sites for hydroxylation is 1. The number of nitrogens with zero attached hydrogens (tertiary/aromatic N) is 1. The number of benzene rings is 1. The maximum Gasteiger partial charge on any atom is 0.327 e. The Balaban J connectivity index is 2.10. The Labute approximate surface area is 149 Å². The van der Waals surface area contributed by atoms with Gasteiger partial charge in [0.05, 0.1) is 10.9 Å². The number of carbonyl (C=O) groups is 4. The number of anilines is 1. The van der Waals surface area contributed by atoms with Crippen LogP contribution in [-0.2, 0) is 25.6 Å². The number of thioether (sulfide) groups is 1. The van der Waals surface area contributed by atoms with Gasteiger partial charge in [0.25, 0.3) is 0 Å². The summed E-state index contributed by atoms with van der Waals surface area (Å²) in [5.74, 6) is -2.26. The Bertz CT molecular complexity index is 706. The first-order valence-corrected chi connectivity index (χ1v) is 8.96. The quantitative estimate of drug-likeness (QED) is 0.705. The molecule has 3 amide bonds. The summed E-state index contributed by atoms with van der Waals surface area (Å²) in [5, 5.41) is 10.8. The van der Waals surface area contributed by atoms with Gasteiger partial charge in [-0.2, -0.15) is 0 Å². The fourth-order valence-corrected chi connectivity index (χ4v) is 3.81. The van der Waals surface area contributed by atoms with E-state index in [-0.39, 0.29) is 24.0 Å². The minimum Gasteiger partial charge on any atom is -0.480 e. The molecule has 0 spiro atoms. The van der Waals surface area contributed by atoms with Crippen LogP contribution in [0.15, 0.2) is 24.3 Å². The molecule has 2 N–H and O–H groups in total. The Morgan fingerprint density at radius 2 is 2.04 bits per heavy atom. The van der Waals surface area contributed by atoms with E-state index in [2.05, 4.69) is 5.32 Å². The highest BCUT2D eigenvalue weighted by molar-refractivity contribution is 8.00. The molecule has 0 aromatic heterocycles. The number of carbonyl (C=O) groups excluding carboxylic acids is 3. The highest BCUT2D eigenvalue weighted by Gasteiger charge is 2.41. The molecule has 0 radical (unpaired) electrons. The zero-order chi connectivity index (χ0) is 18.6. The predicted molar refractivity (Wildman–Crippen MR) is 94.4 cm³/mol. The zero-order valence-corrected chi connectivity index (χ0v) is 14.8. The van der Waals surface area contributed by atoms with Gasteiger partial charge in [-0.3, -0.25) is 14.4 Å². The first-order valence-electron chi connectivity index (χ1n) is 7.91. The third-order valence-electron chi connectivity index (χ3n) is 3.86. The first-order chi connectivity index (χ1) is 11.8. The van der Waals surface area contributed by atoms with Crippen molar-refractivity contribution < 1.29 is 24.3 Å². The molecule has 1 aromatic carbocycles. The highest BCUT2D eigenvalue weighted by atomic mass is 32.2. The molecule has 2 rings (SSSR count). The van der Waals surface area contributed by atoms with E-state index < -0.39 is 23.2 Å². The van der Waals surface area contributed by atoms with Gasteiger partial charge >= 0.3 is 5.97 Å². The number of aliphatic carboxylic acids is 1. The van der Waals surface area contributed by atoms with Crippen LogP contribution in [0.25, 0.3) is 0 Å². The van der Waals surface area contributed by atoms with Crippen LogP contribution in [-0.4, -0.2) is 45.8 Å². The molecule has 134 valence electrons. The van der Waals surface area contributed by atoms with Crippen LogP contribution in [0.1, 0.15) is 25.8 Å². The summed E-state index contributed by atoms with van der Waals surface area (Å²) in [7, 11) is 0. The van der Waals surface area contributed by atoms with Gasteiger partial charge in [0.1, 0.15) is 6.04 Å². The number of rotatable bonds is 7. The molecule has 1 fully saturated rings. The molecular formula is C17H20N2O5S. The molecular weight excluding hydrogens is 344 g/mol. The van der Waals surface area contributed by atoms with Crippen molar-refractivity contribution in [1.82, 2.24) is 5.32 Å². The standard InChI is InChI=1S/C17H20N2O5S/c1-3-11-6-4-5-7-13(11)19-15(21)8-14(16(19)22)25-9-12(17(23)24)18-10(2)20/h4-7,12,14H,3,8-9H2,1-2H3,(H,18,20)(H,23,24)/t12-,14+/m1/s1. The number of imide groups is 1. The van der Waals surface area contributed by atoms with E-state index in [9.17, 15) is 19.2 Å². The van der Waals surface area contributed by atoms with E-state index >= 15 is 0 Å². The van der Waals surface area contributed by atoms with Crippen molar-refractivity contribution in [1.29, 1.82) is 0 Å². The van der Waals surface area contributed by atoms with Crippen molar-refractivity contribution in [3.8, 4) is 0 Å². The number of hydrogen-bond donors (Lipinski definition) is 2. The summed E-state index contributed by atoms with van der Waals surface area (Å²) in [6, 6.07) is 6.13. The highest BCUT2D eigenvalue weighted by Crippen LogP contribution is 2.32. The van der Waals surface area contributed by atoms with Crippen molar-refractivity contribution in [3.05, 3.63) is 29.8 Å². The van der Waals surface area contributed by atoms with Gasteiger partial charge < -0.3 is 10.4 Å². The largest absolute Gasteiger partial charge is 0.480 e. The molecule has 0 aliphatic carbocycles. The van der Waals surface area contributed by atoms with Crippen molar-refractivity contribution in [2.24, 2.45) is 0 Å². The smallest absolute Gasteiger partial charge is 0.327 e. The normalized spacial score (nSPS) is 18.3. The van der Waals surface area contributed by atoms with E-state index in [0.29, 0.717) is 12.1 Å². The molecule has 2 atom stereocenters. The monoisotopic (exact) mass is 364 g/mol. The van der Waals surface area contributed by atoms with E-state index in [1.165, 1.54) is 11.8 Å². The molecule has 0 saturated carbocycles. The van der Waals surface area contributed by atoms with Crippen LogP contribution < -0.4 is 10.2 Å². The van der Waals surface area contributed by atoms with Gasteiger partial charge in [-0.25, -0.2) is 9.69 Å². The van der Waals surface area contributed by atoms with Crippen LogP contribution in [0, 0.1) is 0 Å². The van der Waals surface area contributed by atoms with E-state index in [0.717, 1.165) is 17.3 Å². The minimum atomic E-state index is -1.17. The van der Waals surface area contributed by atoms with Gasteiger partial charge in [0, 0.05) is 19.1 Å². The van der Waals surface area contributed by atoms with E-state index in [1.54, 1.807) is 12.1 Å². The number of carboxylic acid groups (broad SMARTS) is 1. The molecule has 1 aliphatic heterocycles. The van der Waals surface area contributed by atoms with E-state index in [1.807, 2.05) is 19.1 Å². The number of carboxylic acids is 1. The second-order valence-corrected chi connectivity index (χ2v) is 6.90. The minimum absolute atomic E-state index is 0.0157. The van der Waals surface area contributed by atoms with Gasteiger partial charge in [-0.05, 0) is 18.1 Å². The van der Waals surface area contributed by atoms with Gasteiger partial charge in [0.2, 0.25) is 17.7 Å². The van der Waals surface area contributed by atoms with Crippen LogP contribution in [0.5, 0.6) is 0 Å². The summed E-state index contributed by atoms with van der Waals surface area (Å²) in [5.41, 5.74) is 1.48. The molecule has 1 heterocycles. The maximum absolute atomic E-state index is 12.6. The van der Waals surface area contributed by atoms with Gasteiger partial charge in [-0.15, -0.1) is 11.8 Å². The third-order valence-corrected chi connectivity index (χ3v) is 5.15. The predicted octanol–water partition coefficient (Wildman–Crippen LogP) is 1.20. The number of para-hydroxylation sites is 1. The molecule has 25 heavy (non-hydrogen) atoms. The Kier molecular flexibility index (Phi) is 6.19. The molecule has 7 nitrogen and oxygen atoms in total. The Morgan fingerprint density at radius 3 is 2.64 bits per heavy atom. The molecule has 1 saturated heterocycles. The topological polar surface area (TPSA) is 104 Å². The molecule has 1 aromatic rings. The Hall–Kier alpha value is -2.35. The summed E-state index contributed by atoms with van der Waals surface area (Å²) < 4.78 is 0. The summed E-state index contributed by atoms with van der Waals surface area (Å²) in [6.07, 6.45) is 0.711. The maximum atomic E-state index is 12.6. The summed E-state index contributed by atoms with van der Waals surface area (Å²) >= 11 is 1.08. The molecule has 0 bridgehead atoms. The van der Waals surface area contributed by atoms with Crippen LogP contribution in [0.3, 0.4) is 0 Å². The molecule has 0 unspecified atom stereocenters. The van der Waals surface area contributed by atoms with Gasteiger partial charge in [-0.1, -0.05) is 25.1 Å². The SMILES string of the molecule is CCc1ccccc1N1C(=O)C[C@H](SC[C@@H](NC(C)=O)C(=O)O)C1=O. The Morgan fingerprint density at radius 1 is 1.36 bits per heavy atom. The lowest BCUT2D eigenvalue weighted by atomic mass is 10.1. The summed E-state index contributed by atoms with van der Waals surface area (Å²) in [4.78, 5) is 48.4. The molecule has 1 aliphatic rings. The second kappa shape index (κ2) is 8.15. The lowest BCUT2D eigenvalue weighted by molar-refractivity contribution is -0.140. The van der Waals surface area contributed by atoms with Crippen molar-refractivity contribution in [2.75, 3.05) is 10.7 Å². The van der Waals surface area contributed by atoms with Crippen LogP contribution >= 0.6 is 11.8 Å². The number of amides is 3. The number of hydrogen-bond acceptors (Lipinski definition) is 5. The van der Waals surface area contributed by atoms with Gasteiger partial charge in [0.15, 0.2) is 0 Å². The molecule has 8 heteroatoms. The average molecular weight is 364 g/mol. The fraction of sp³-hybridized carbons (Fsp3) is 0.412. The number of nitrogens with one attached hydrogen (secondary N) is 1. The van der Waals surface area contributed by atoms with Crippen LogP contribution in [0.2, 0.25) is 0 Å². The zero-order valence-electron chi connectivity index (χ0n) is 14.0. The van der Waals surface area contributed by atoms with E-state index in [4.69, 9.17) is 5.11 Å².